The number of methoxy groups -OCH3 is 2. The monoisotopic (exact) mass is 339 g/mol. The first-order valence-corrected chi connectivity index (χ1v) is 7.17. The number of furan rings is 1. The summed E-state index contributed by atoms with van der Waals surface area (Å²) in [4.78, 5) is 0. The van der Waals surface area contributed by atoms with Gasteiger partial charge in [0.25, 0.3) is 0 Å². The van der Waals surface area contributed by atoms with Crippen LogP contribution in [0.3, 0.4) is 0 Å². The molecule has 0 fully saturated rings. The van der Waals surface area contributed by atoms with Crippen molar-refractivity contribution >= 4 is 15.9 Å². The Morgan fingerprint density at radius 3 is 2.60 bits per heavy atom. The summed E-state index contributed by atoms with van der Waals surface area (Å²) in [5.74, 6) is 2.45. The lowest BCUT2D eigenvalue weighted by molar-refractivity contribution is 0.354. The Morgan fingerprint density at radius 1 is 1.20 bits per heavy atom. The summed E-state index contributed by atoms with van der Waals surface area (Å²) in [6.07, 6.45) is 2.57. The summed E-state index contributed by atoms with van der Waals surface area (Å²) in [7, 11) is 3.27. The molecule has 5 heteroatoms. The molecule has 0 bridgehead atoms. The number of ether oxygens (including phenoxy) is 2. The fourth-order valence-corrected chi connectivity index (χ4v) is 2.38. The van der Waals surface area contributed by atoms with Crippen molar-refractivity contribution in [2.45, 2.75) is 13.0 Å². The third kappa shape index (κ3) is 3.77. The second kappa shape index (κ2) is 7.36. The largest absolute Gasteiger partial charge is 0.493 e. The van der Waals surface area contributed by atoms with E-state index in [1.54, 1.807) is 20.5 Å². The van der Waals surface area contributed by atoms with Crippen LogP contribution in [0.1, 0.15) is 11.3 Å². The van der Waals surface area contributed by atoms with Crippen LogP contribution in [-0.4, -0.2) is 20.8 Å². The lowest BCUT2D eigenvalue weighted by Crippen LogP contribution is -2.16. The summed E-state index contributed by atoms with van der Waals surface area (Å²) in [5.41, 5.74) is 1.13. The quantitative estimate of drug-likeness (QED) is 0.785. The van der Waals surface area contributed by atoms with Gasteiger partial charge in [-0.1, -0.05) is 15.9 Å². The van der Waals surface area contributed by atoms with Crippen LogP contribution in [0.15, 0.2) is 39.4 Å². The molecule has 2 aromatic rings. The Kier molecular flexibility index (Phi) is 5.49. The minimum atomic E-state index is 0.721. The standard InChI is InChI=1S/C15H18BrNO3/c1-18-14-8-11(13(16)9-15(14)19-2)10-17-6-5-12-4-3-7-20-12/h3-4,7-9,17H,5-6,10H2,1-2H3. The van der Waals surface area contributed by atoms with Crippen molar-refractivity contribution in [3.8, 4) is 11.5 Å². The molecule has 0 saturated carbocycles. The maximum Gasteiger partial charge on any atom is 0.161 e. The molecule has 1 aromatic carbocycles. The smallest absolute Gasteiger partial charge is 0.161 e. The fraction of sp³-hybridized carbons (Fsp3) is 0.333. The van der Waals surface area contributed by atoms with Crippen molar-refractivity contribution < 1.29 is 13.9 Å². The van der Waals surface area contributed by atoms with Crippen molar-refractivity contribution in [2.24, 2.45) is 0 Å². The maximum absolute atomic E-state index is 5.31. The SMILES string of the molecule is COc1cc(Br)c(CNCCc2ccco2)cc1OC. The highest BCUT2D eigenvalue weighted by Gasteiger charge is 2.09. The molecule has 0 amide bonds. The fourth-order valence-electron chi connectivity index (χ4n) is 1.92. The van der Waals surface area contributed by atoms with Crippen molar-refractivity contribution in [3.63, 3.8) is 0 Å². The van der Waals surface area contributed by atoms with Crippen LogP contribution in [0.5, 0.6) is 11.5 Å². The van der Waals surface area contributed by atoms with Crippen LogP contribution in [0, 0.1) is 0 Å². The first kappa shape index (κ1) is 14.9. The van der Waals surface area contributed by atoms with Crippen molar-refractivity contribution in [1.29, 1.82) is 0 Å². The van der Waals surface area contributed by atoms with E-state index >= 15 is 0 Å². The molecule has 1 N–H and O–H groups in total. The predicted molar refractivity (Wildman–Crippen MR) is 81.4 cm³/mol. The summed E-state index contributed by atoms with van der Waals surface area (Å²) in [6.45, 7) is 1.61. The van der Waals surface area contributed by atoms with Gasteiger partial charge in [-0.2, -0.15) is 0 Å². The topological polar surface area (TPSA) is 43.6 Å². The Hall–Kier alpha value is -1.46. The van der Waals surface area contributed by atoms with Gasteiger partial charge in [-0.15, -0.1) is 0 Å². The van der Waals surface area contributed by atoms with E-state index in [2.05, 4.69) is 21.2 Å². The normalized spacial score (nSPS) is 10.6. The second-order valence-corrected chi connectivity index (χ2v) is 5.16. The van der Waals surface area contributed by atoms with Gasteiger partial charge in [0.15, 0.2) is 11.5 Å². The van der Waals surface area contributed by atoms with E-state index in [4.69, 9.17) is 13.9 Å². The van der Waals surface area contributed by atoms with Gasteiger partial charge >= 0.3 is 0 Å². The van der Waals surface area contributed by atoms with E-state index in [1.165, 1.54) is 0 Å². The Labute approximate surface area is 127 Å². The van der Waals surface area contributed by atoms with Crippen molar-refractivity contribution in [1.82, 2.24) is 5.32 Å². The lowest BCUT2D eigenvalue weighted by Gasteiger charge is -2.12. The number of rotatable bonds is 7. The zero-order chi connectivity index (χ0) is 14.4. The number of benzene rings is 1. The van der Waals surface area contributed by atoms with Gasteiger partial charge in [-0.3, -0.25) is 0 Å². The molecule has 0 aliphatic rings. The number of hydrogen-bond donors (Lipinski definition) is 1. The van der Waals surface area contributed by atoms with Crippen LogP contribution >= 0.6 is 15.9 Å². The number of halogens is 1. The van der Waals surface area contributed by atoms with Gasteiger partial charge in [-0.25, -0.2) is 0 Å². The molecule has 0 radical (unpaired) electrons. The van der Waals surface area contributed by atoms with Gasteiger partial charge < -0.3 is 19.2 Å². The van der Waals surface area contributed by atoms with Gasteiger partial charge in [-0.05, 0) is 29.8 Å². The second-order valence-electron chi connectivity index (χ2n) is 4.30. The molecular formula is C15H18BrNO3. The number of hydrogen-bond acceptors (Lipinski definition) is 4. The molecule has 0 saturated heterocycles. The van der Waals surface area contributed by atoms with Crippen LogP contribution in [0.4, 0.5) is 0 Å². The highest BCUT2D eigenvalue weighted by molar-refractivity contribution is 9.10. The molecule has 2 rings (SSSR count). The molecule has 4 nitrogen and oxygen atoms in total. The molecule has 0 aliphatic heterocycles. The van der Waals surface area contributed by atoms with E-state index in [9.17, 15) is 0 Å². The van der Waals surface area contributed by atoms with Gasteiger partial charge in [0.1, 0.15) is 5.76 Å². The van der Waals surface area contributed by atoms with Gasteiger partial charge in [0.2, 0.25) is 0 Å². The molecule has 108 valence electrons. The molecule has 1 heterocycles. The third-order valence-corrected chi connectivity index (χ3v) is 3.73. The lowest BCUT2D eigenvalue weighted by atomic mass is 10.2. The highest BCUT2D eigenvalue weighted by Crippen LogP contribution is 2.33. The summed E-state index contributed by atoms with van der Waals surface area (Å²) < 4.78 is 16.9. The van der Waals surface area contributed by atoms with E-state index < -0.39 is 0 Å². The maximum atomic E-state index is 5.31. The summed E-state index contributed by atoms with van der Waals surface area (Å²) in [5, 5.41) is 3.38. The highest BCUT2D eigenvalue weighted by atomic mass is 79.9. The molecule has 0 atom stereocenters. The Morgan fingerprint density at radius 2 is 1.95 bits per heavy atom. The van der Waals surface area contributed by atoms with Crippen molar-refractivity contribution in [2.75, 3.05) is 20.8 Å². The molecule has 20 heavy (non-hydrogen) atoms. The van der Waals surface area contributed by atoms with Crippen LogP contribution in [0.25, 0.3) is 0 Å². The van der Waals surface area contributed by atoms with Crippen LogP contribution < -0.4 is 14.8 Å². The predicted octanol–water partition coefficient (Wildman–Crippen LogP) is 3.39. The summed E-state index contributed by atoms with van der Waals surface area (Å²) in [6, 6.07) is 7.78. The molecule has 1 aromatic heterocycles. The van der Waals surface area contributed by atoms with E-state index in [0.29, 0.717) is 0 Å². The Balaban J connectivity index is 1.92. The minimum Gasteiger partial charge on any atom is -0.493 e. The van der Waals surface area contributed by atoms with Gasteiger partial charge in [0, 0.05) is 24.0 Å². The van der Waals surface area contributed by atoms with E-state index in [0.717, 1.165) is 46.8 Å². The zero-order valence-electron chi connectivity index (χ0n) is 11.6. The summed E-state index contributed by atoms with van der Waals surface area (Å²) >= 11 is 3.55. The average Bonchev–Trinajstić information content (AvgIpc) is 2.97. The van der Waals surface area contributed by atoms with Crippen molar-refractivity contribution in [3.05, 3.63) is 46.3 Å². The zero-order valence-corrected chi connectivity index (χ0v) is 13.2. The van der Waals surface area contributed by atoms with Crippen LogP contribution in [0.2, 0.25) is 0 Å². The van der Waals surface area contributed by atoms with E-state index in [-0.39, 0.29) is 0 Å². The number of nitrogens with one attached hydrogen (secondary N) is 1. The molecule has 0 aliphatic carbocycles. The van der Waals surface area contributed by atoms with Gasteiger partial charge in [0.05, 0.1) is 20.5 Å². The first-order valence-electron chi connectivity index (χ1n) is 6.38. The third-order valence-electron chi connectivity index (χ3n) is 3.00. The van der Waals surface area contributed by atoms with Crippen LogP contribution in [-0.2, 0) is 13.0 Å². The first-order chi connectivity index (χ1) is 9.74. The molecular weight excluding hydrogens is 322 g/mol. The average molecular weight is 340 g/mol. The molecule has 0 unspecified atom stereocenters. The minimum absolute atomic E-state index is 0.721. The molecule has 0 spiro atoms. The Bertz CT molecular complexity index is 540. The van der Waals surface area contributed by atoms with E-state index in [1.807, 2.05) is 24.3 Å².